The third-order valence-corrected chi connectivity index (χ3v) is 3.87. The van der Waals surface area contributed by atoms with Crippen molar-refractivity contribution in [2.75, 3.05) is 0 Å². The summed E-state index contributed by atoms with van der Waals surface area (Å²) in [4.78, 5) is 14.1. The molecule has 1 aliphatic heterocycles. The minimum absolute atomic E-state index is 0.000185. The van der Waals surface area contributed by atoms with Gasteiger partial charge in [-0.15, -0.1) is 6.58 Å². The maximum Gasteiger partial charge on any atom is 0.246 e. The Morgan fingerprint density at radius 3 is 2.60 bits per heavy atom. The SMILES string of the molecule is C=CCC1CCCC(c2ccc(F)cc2)N1C(=O)C=C. The Morgan fingerprint density at radius 1 is 1.30 bits per heavy atom. The number of likely N-dealkylation sites (tertiary alicyclic amines) is 1. The molecule has 3 heteroatoms. The summed E-state index contributed by atoms with van der Waals surface area (Å²) < 4.78 is 13.1. The van der Waals surface area contributed by atoms with E-state index in [0.29, 0.717) is 0 Å². The molecule has 1 aromatic carbocycles. The first-order chi connectivity index (χ1) is 9.67. The van der Waals surface area contributed by atoms with E-state index in [1.54, 1.807) is 12.1 Å². The van der Waals surface area contributed by atoms with Crippen molar-refractivity contribution >= 4 is 5.91 Å². The van der Waals surface area contributed by atoms with Crippen LogP contribution >= 0.6 is 0 Å². The number of hydrogen-bond donors (Lipinski definition) is 0. The number of piperidine rings is 1. The maximum absolute atomic E-state index is 13.1. The Hall–Kier alpha value is -1.90. The number of carbonyl (C=O) groups is 1. The molecule has 2 rings (SSSR count). The average molecular weight is 273 g/mol. The number of nitrogens with zero attached hydrogens (tertiary/aromatic N) is 1. The van der Waals surface area contributed by atoms with Crippen LogP contribution in [0, 0.1) is 5.82 Å². The molecule has 106 valence electrons. The fraction of sp³-hybridized carbons (Fsp3) is 0.353. The molecule has 1 aromatic rings. The van der Waals surface area contributed by atoms with Gasteiger partial charge in [0, 0.05) is 6.04 Å². The summed E-state index contributed by atoms with van der Waals surface area (Å²) in [6.07, 6.45) is 6.92. The van der Waals surface area contributed by atoms with Crippen molar-refractivity contribution < 1.29 is 9.18 Å². The van der Waals surface area contributed by atoms with Gasteiger partial charge in [-0.05, 0) is 49.5 Å². The van der Waals surface area contributed by atoms with Crippen molar-refractivity contribution in [3.05, 3.63) is 61.0 Å². The van der Waals surface area contributed by atoms with E-state index in [2.05, 4.69) is 13.2 Å². The minimum atomic E-state index is -0.256. The standard InChI is InChI=1S/C17H20FNO/c1-3-6-15-7-5-8-16(19(15)17(20)4-2)13-9-11-14(18)12-10-13/h3-4,9-12,15-16H,1-2,5-8H2. The van der Waals surface area contributed by atoms with Crippen LogP contribution in [0.4, 0.5) is 4.39 Å². The Morgan fingerprint density at radius 2 is 2.00 bits per heavy atom. The van der Waals surface area contributed by atoms with Crippen LogP contribution in [-0.2, 0) is 4.79 Å². The summed E-state index contributed by atoms with van der Waals surface area (Å²) in [5, 5.41) is 0. The maximum atomic E-state index is 13.1. The molecular weight excluding hydrogens is 253 g/mol. The van der Waals surface area contributed by atoms with Crippen molar-refractivity contribution in [1.29, 1.82) is 0 Å². The first-order valence-corrected chi connectivity index (χ1v) is 6.98. The lowest BCUT2D eigenvalue weighted by atomic mass is 9.89. The topological polar surface area (TPSA) is 20.3 Å². The lowest BCUT2D eigenvalue weighted by molar-refractivity contribution is -0.133. The molecule has 0 N–H and O–H groups in total. The van der Waals surface area contributed by atoms with Crippen molar-refractivity contribution in [3.63, 3.8) is 0 Å². The van der Waals surface area contributed by atoms with Gasteiger partial charge in [0.05, 0.1) is 6.04 Å². The molecule has 2 atom stereocenters. The van der Waals surface area contributed by atoms with Crippen LogP contribution < -0.4 is 0 Å². The van der Waals surface area contributed by atoms with E-state index in [1.807, 2.05) is 11.0 Å². The largest absolute Gasteiger partial charge is 0.329 e. The molecule has 1 heterocycles. The second-order valence-electron chi connectivity index (χ2n) is 5.13. The molecular formula is C17H20FNO. The minimum Gasteiger partial charge on any atom is -0.329 e. The molecule has 0 aromatic heterocycles. The second-order valence-corrected chi connectivity index (χ2v) is 5.13. The monoisotopic (exact) mass is 273 g/mol. The smallest absolute Gasteiger partial charge is 0.246 e. The van der Waals surface area contributed by atoms with Gasteiger partial charge in [-0.3, -0.25) is 4.79 Å². The Bertz CT molecular complexity index is 494. The highest BCUT2D eigenvalue weighted by Gasteiger charge is 2.33. The molecule has 2 unspecified atom stereocenters. The van der Waals surface area contributed by atoms with Crippen molar-refractivity contribution in [2.45, 2.75) is 37.8 Å². The summed E-state index contributed by atoms with van der Waals surface area (Å²) in [7, 11) is 0. The van der Waals surface area contributed by atoms with Crippen molar-refractivity contribution in [1.82, 2.24) is 4.90 Å². The molecule has 0 aliphatic carbocycles. The zero-order valence-electron chi connectivity index (χ0n) is 11.6. The second kappa shape index (κ2) is 6.51. The lowest BCUT2D eigenvalue weighted by Crippen LogP contribution is -2.44. The Labute approximate surface area is 119 Å². The van der Waals surface area contributed by atoms with Gasteiger partial charge >= 0.3 is 0 Å². The van der Waals surface area contributed by atoms with Crippen LogP contribution in [0.5, 0.6) is 0 Å². The number of amides is 1. The van der Waals surface area contributed by atoms with E-state index in [1.165, 1.54) is 18.2 Å². The number of hydrogen-bond acceptors (Lipinski definition) is 1. The van der Waals surface area contributed by atoms with Crippen LogP contribution in [-0.4, -0.2) is 16.8 Å². The predicted molar refractivity (Wildman–Crippen MR) is 78.6 cm³/mol. The molecule has 2 nitrogen and oxygen atoms in total. The van der Waals surface area contributed by atoms with Crippen LogP contribution in [0.15, 0.2) is 49.6 Å². The summed E-state index contributed by atoms with van der Waals surface area (Å²) in [6, 6.07) is 6.58. The number of halogens is 1. The van der Waals surface area contributed by atoms with E-state index in [-0.39, 0.29) is 23.8 Å². The van der Waals surface area contributed by atoms with E-state index in [0.717, 1.165) is 31.2 Å². The molecule has 0 saturated carbocycles. The molecule has 0 radical (unpaired) electrons. The van der Waals surface area contributed by atoms with E-state index >= 15 is 0 Å². The third-order valence-electron chi connectivity index (χ3n) is 3.87. The van der Waals surface area contributed by atoms with Gasteiger partial charge in [0.15, 0.2) is 0 Å². The number of carbonyl (C=O) groups excluding carboxylic acids is 1. The molecule has 0 spiro atoms. The summed E-state index contributed by atoms with van der Waals surface area (Å²) >= 11 is 0. The molecule has 0 bridgehead atoms. The Balaban J connectivity index is 2.32. The number of rotatable bonds is 4. The highest BCUT2D eigenvalue weighted by Crippen LogP contribution is 2.35. The van der Waals surface area contributed by atoms with Crippen molar-refractivity contribution in [3.8, 4) is 0 Å². The highest BCUT2D eigenvalue weighted by atomic mass is 19.1. The fourth-order valence-electron chi connectivity index (χ4n) is 2.95. The van der Waals surface area contributed by atoms with E-state index in [4.69, 9.17) is 0 Å². The number of benzene rings is 1. The molecule has 1 aliphatic rings. The predicted octanol–water partition coefficient (Wildman–Crippen LogP) is 4.01. The fourth-order valence-corrected chi connectivity index (χ4v) is 2.95. The first-order valence-electron chi connectivity index (χ1n) is 6.98. The normalized spacial score (nSPS) is 22.4. The molecule has 20 heavy (non-hydrogen) atoms. The van der Waals surface area contributed by atoms with Crippen LogP contribution in [0.2, 0.25) is 0 Å². The third kappa shape index (κ3) is 2.98. The van der Waals surface area contributed by atoms with Gasteiger partial charge in [0.1, 0.15) is 5.82 Å². The molecule has 1 fully saturated rings. The van der Waals surface area contributed by atoms with Crippen molar-refractivity contribution in [2.24, 2.45) is 0 Å². The quantitative estimate of drug-likeness (QED) is 0.599. The van der Waals surface area contributed by atoms with Gasteiger partial charge in [-0.2, -0.15) is 0 Å². The Kier molecular flexibility index (Phi) is 4.72. The average Bonchev–Trinajstić information content (AvgIpc) is 2.47. The van der Waals surface area contributed by atoms with E-state index < -0.39 is 0 Å². The first kappa shape index (κ1) is 14.5. The van der Waals surface area contributed by atoms with Gasteiger partial charge in [-0.25, -0.2) is 4.39 Å². The molecule has 1 amide bonds. The molecule has 1 saturated heterocycles. The van der Waals surface area contributed by atoms with E-state index in [9.17, 15) is 9.18 Å². The van der Waals surface area contributed by atoms with Gasteiger partial charge in [0.25, 0.3) is 0 Å². The van der Waals surface area contributed by atoms with Gasteiger partial charge in [0.2, 0.25) is 5.91 Å². The zero-order chi connectivity index (χ0) is 14.5. The summed E-state index contributed by atoms with van der Waals surface area (Å²) in [5.74, 6) is -0.320. The van der Waals surface area contributed by atoms with Gasteiger partial charge in [-0.1, -0.05) is 24.8 Å². The zero-order valence-corrected chi connectivity index (χ0v) is 11.6. The van der Waals surface area contributed by atoms with Gasteiger partial charge < -0.3 is 4.90 Å². The van der Waals surface area contributed by atoms with Crippen LogP contribution in [0.1, 0.15) is 37.3 Å². The van der Waals surface area contributed by atoms with Crippen LogP contribution in [0.3, 0.4) is 0 Å². The highest BCUT2D eigenvalue weighted by molar-refractivity contribution is 5.87. The summed E-state index contributed by atoms with van der Waals surface area (Å²) in [6.45, 7) is 7.37. The lowest BCUT2D eigenvalue weighted by Gasteiger charge is -2.42. The summed E-state index contributed by atoms with van der Waals surface area (Å²) in [5.41, 5.74) is 0.982. The van der Waals surface area contributed by atoms with Crippen LogP contribution in [0.25, 0.3) is 0 Å².